The van der Waals surface area contributed by atoms with Crippen LogP contribution in [0.1, 0.15) is 36.5 Å². The third-order valence-electron chi connectivity index (χ3n) is 6.21. The standard InChI is InChI=1S/C28H27N5O2S/c1-17(2)21-10-7-8-19(4)25(21)29-24(34)16-36-28-31-30-27-32(20-14-12-18(3)13-15-20)26(35)22-9-5-6-11-23(22)33(27)28/h5-15,17H,16H2,1-4H3,(H,29,34). The van der Waals surface area contributed by atoms with Crippen molar-refractivity contribution in [3.8, 4) is 5.69 Å². The number of amides is 1. The van der Waals surface area contributed by atoms with Crippen molar-refractivity contribution in [3.05, 3.63) is 93.8 Å². The molecular weight excluding hydrogens is 470 g/mol. The quantitative estimate of drug-likeness (QED) is 0.313. The summed E-state index contributed by atoms with van der Waals surface area (Å²) in [5.74, 6) is 0.735. The van der Waals surface area contributed by atoms with E-state index in [-0.39, 0.29) is 23.1 Å². The van der Waals surface area contributed by atoms with Gasteiger partial charge in [-0.25, -0.2) is 4.57 Å². The summed E-state index contributed by atoms with van der Waals surface area (Å²) in [5, 5.41) is 12.9. The highest BCUT2D eigenvalue weighted by atomic mass is 32.2. The van der Waals surface area contributed by atoms with Crippen LogP contribution in [0, 0.1) is 13.8 Å². The average Bonchev–Trinajstić information content (AvgIpc) is 3.29. The minimum atomic E-state index is -0.163. The third kappa shape index (κ3) is 4.28. The van der Waals surface area contributed by atoms with Crippen LogP contribution in [0.25, 0.3) is 22.4 Å². The maximum Gasteiger partial charge on any atom is 0.267 e. The first kappa shape index (κ1) is 23.8. The number of hydrogen-bond acceptors (Lipinski definition) is 5. The molecule has 0 aliphatic heterocycles. The number of benzene rings is 3. The number of rotatable bonds is 6. The fraction of sp³-hybridized carbons (Fsp3) is 0.214. The number of hydrogen-bond donors (Lipinski definition) is 1. The Morgan fingerprint density at radius 1 is 0.972 bits per heavy atom. The highest BCUT2D eigenvalue weighted by Gasteiger charge is 2.19. The van der Waals surface area contributed by atoms with E-state index < -0.39 is 0 Å². The largest absolute Gasteiger partial charge is 0.325 e. The lowest BCUT2D eigenvalue weighted by atomic mass is 9.98. The van der Waals surface area contributed by atoms with Crippen LogP contribution in [-0.4, -0.2) is 30.8 Å². The molecule has 0 aliphatic carbocycles. The van der Waals surface area contributed by atoms with E-state index in [1.165, 1.54) is 11.8 Å². The Labute approximate surface area is 213 Å². The molecule has 7 nitrogen and oxygen atoms in total. The van der Waals surface area contributed by atoms with E-state index in [1.54, 1.807) is 10.6 Å². The zero-order valence-corrected chi connectivity index (χ0v) is 21.5. The van der Waals surface area contributed by atoms with Crippen LogP contribution in [0.2, 0.25) is 0 Å². The van der Waals surface area contributed by atoms with Gasteiger partial charge in [0.1, 0.15) is 0 Å². The predicted octanol–water partition coefficient (Wildman–Crippen LogP) is 5.50. The monoisotopic (exact) mass is 497 g/mol. The first-order valence-corrected chi connectivity index (χ1v) is 12.8. The molecule has 36 heavy (non-hydrogen) atoms. The Hall–Kier alpha value is -3.91. The van der Waals surface area contributed by atoms with Gasteiger partial charge in [0.25, 0.3) is 5.56 Å². The van der Waals surface area contributed by atoms with Crippen molar-refractivity contribution in [1.29, 1.82) is 0 Å². The van der Waals surface area contributed by atoms with Crippen LogP contribution in [0.3, 0.4) is 0 Å². The molecule has 0 radical (unpaired) electrons. The normalized spacial score (nSPS) is 11.5. The Morgan fingerprint density at radius 3 is 2.47 bits per heavy atom. The Kier molecular flexibility index (Phi) is 6.36. The van der Waals surface area contributed by atoms with E-state index in [4.69, 9.17) is 0 Å². The summed E-state index contributed by atoms with van der Waals surface area (Å²) in [7, 11) is 0. The number of anilines is 1. The Morgan fingerprint density at radius 2 is 1.72 bits per heavy atom. The second-order valence-electron chi connectivity index (χ2n) is 9.14. The molecule has 0 bridgehead atoms. The molecule has 3 aromatic carbocycles. The Bertz CT molecular complexity index is 1650. The number of aryl methyl sites for hydroxylation is 2. The molecule has 8 heteroatoms. The second kappa shape index (κ2) is 9.62. The Balaban J connectivity index is 1.52. The summed E-state index contributed by atoms with van der Waals surface area (Å²) in [6, 6.07) is 21.2. The number of carbonyl (C=O) groups is 1. The third-order valence-corrected chi connectivity index (χ3v) is 7.14. The first-order valence-electron chi connectivity index (χ1n) is 11.8. The smallest absolute Gasteiger partial charge is 0.267 e. The molecule has 0 unspecified atom stereocenters. The maximum absolute atomic E-state index is 13.4. The van der Waals surface area contributed by atoms with Crippen molar-refractivity contribution in [2.75, 3.05) is 11.1 Å². The number of fused-ring (bicyclic) bond motifs is 3. The molecule has 5 rings (SSSR count). The van der Waals surface area contributed by atoms with Gasteiger partial charge < -0.3 is 5.32 Å². The minimum absolute atomic E-state index is 0.121. The summed E-state index contributed by atoms with van der Waals surface area (Å²) < 4.78 is 3.42. The first-order chi connectivity index (χ1) is 17.3. The van der Waals surface area contributed by atoms with Gasteiger partial charge in [-0.2, -0.15) is 0 Å². The minimum Gasteiger partial charge on any atom is -0.325 e. The maximum atomic E-state index is 13.4. The molecule has 5 aromatic rings. The molecule has 182 valence electrons. The van der Waals surface area contributed by atoms with E-state index in [9.17, 15) is 9.59 Å². The van der Waals surface area contributed by atoms with Crippen molar-refractivity contribution in [3.63, 3.8) is 0 Å². The van der Waals surface area contributed by atoms with Crippen LogP contribution < -0.4 is 10.9 Å². The fourth-order valence-electron chi connectivity index (χ4n) is 4.35. The van der Waals surface area contributed by atoms with Gasteiger partial charge in [0.15, 0.2) is 5.16 Å². The number of nitrogens with one attached hydrogen (secondary N) is 1. The predicted molar refractivity (Wildman–Crippen MR) is 145 cm³/mol. The van der Waals surface area contributed by atoms with E-state index in [0.29, 0.717) is 27.5 Å². The average molecular weight is 498 g/mol. The lowest BCUT2D eigenvalue weighted by Gasteiger charge is -2.16. The van der Waals surface area contributed by atoms with E-state index in [0.717, 1.165) is 22.4 Å². The van der Waals surface area contributed by atoms with Gasteiger partial charge in [-0.1, -0.05) is 73.6 Å². The van der Waals surface area contributed by atoms with Gasteiger partial charge in [0.05, 0.1) is 22.3 Å². The molecular formula is C28H27N5O2S. The van der Waals surface area contributed by atoms with Crippen molar-refractivity contribution in [2.24, 2.45) is 0 Å². The van der Waals surface area contributed by atoms with Crippen molar-refractivity contribution < 1.29 is 4.79 Å². The zero-order valence-electron chi connectivity index (χ0n) is 20.6. The van der Waals surface area contributed by atoms with Gasteiger partial charge in [-0.3, -0.25) is 14.0 Å². The topological polar surface area (TPSA) is 81.3 Å². The molecule has 0 saturated carbocycles. The number of nitrogens with zero attached hydrogens (tertiary/aromatic N) is 4. The summed E-state index contributed by atoms with van der Waals surface area (Å²) in [4.78, 5) is 26.4. The van der Waals surface area contributed by atoms with Crippen LogP contribution in [0.5, 0.6) is 0 Å². The van der Waals surface area contributed by atoms with Gasteiger partial charge in [-0.05, 0) is 55.2 Å². The molecule has 0 atom stereocenters. The number of aromatic nitrogens is 4. The van der Waals surface area contributed by atoms with Crippen LogP contribution in [0.4, 0.5) is 5.69 Å². The number of para-hydroxylation sites is 2. The van der Waals surface area contributed by atoms with Crippen molar-refractivity contribution in [1.82, 2.24) is 19.2 Å². The molecule has 1 amide bonds. The molecule has 2 heterocycles. The molecule has 0 fully saturated rings. The van der Waals surface area contributed by atoms with Crippen molar-refractivity contribution >= 4 is 40.0 Å². The summed E-state index contributed by atoms with van der Waals surface area (Å²) in [6.45, 7) is 8.22. The van der Waals surface area contributed by atoms with E-state index >= 15 is 0 Å². The lowest BCUT2D eigenvalue weighted by Crippen LogP contribution is -2.22. The van der Waals surface area contributed by atoms with Gasteiger partial charge in [-0.15, -0.1) is 10.2 Å². The molecule has 1 N–H and O–H groups in total. The number of carbonyl (C=O) groups excluding carboxylic acids is 1. The van der Waals surface area contributed by atoms with E-state index in [2.05, 4.69) is 29.4 Å². The SMILES string of the molecule is Cc1ccc(-n2c(=O)c3ccccc3n3c(SCC(=O)Nc4c(C)cccc4C(C)C)nnc23)cc1. The van der Waals surface area contributed by atoms with Crippen LogP contribution in [0.15, 0.2) is 76.7 Å². The van der Waals surface area contributed by atoms with E-state index in [1.807, 2.05) is 78.9 Å². The lowest BCUT2D eigenvalue weighted by molar-refractivity contribution is -0.113. The molecule has 0 saturated heterocycles. The zero-order chi connectivity index (χ0) is 25.4. The van der Waals surface area contributed by atoms with Crippen molar-refractivity contribution in [2.45, 2.75) is 38.8 Å². The van der Waals surface area contributed by atoms with Gasteiger partial charge in [0.2, 0.25) is 11.7 Å². The molecule has 0 spiro atoms. The van der Waals surface area contributed by atoms with Crippen LogP contribution in [-0.2, 0) is 4.79 Å². The highest BCUT2D eigenvalue weighted by molar-refractivity contribution is 7.99. The fourth-order valence-corrected chi connectivity index (χ4v) is 5.09. The summed E-state index contributed by atoms with van der Waals surface area (Å²) in [5.41, 5.74) is 5.35. The second-order valence-corrected chi connectivity index (χ2v) is 10.1. The highest BCUT2D eigenvalue weighted by Crippen LogP contribution is 2.28. The molecule has 2 aromatic heterocycles. The summed E-state index contributed by atoms with van der Waals surface area (Å²) >= 11 is 1.29. The molecule has 0 aliphatic rings. The van der Waals surface area contributed by atoms with Crippen LogP contribution >= 0.6 is 11.8 Å². The number of thioether (sulfide) groups is 1. The van der Waals surface area contributed by atoms with Gasteiger partial charge >= 0.3 is 0 Å². The van der Waals surface area contributed by atoms with Gasteiger partial charge in [0, 0.05) is 5.69 Å². The summed E-state index contributed by atoms with van der Waals surface area (Å²) in [6.07, 6.45) is 0.